The summed E-state index contributed by atoms with van der Waals surface area (Å²) >= 11 is 0. The zero-order valence-electron chi connectivity index (χ0n) is 16.9. The van der Waals surface area contributed by atoms with E-state index in [0.717, 1.165) is 16.7 Å². The lowest BCUT2D eigenvalue weighted by atomic mass is 10.1. The van der Waals surface area contributed by atoms with Crippen LogP contribution >= 0.6 is 0 Å². The number of amides is 1. The lowest BCUT2D eigenvalue weighted by Crippen LogP contribution is -2.50. The molecule has 0 radical (unpaired) electrons. The van der Waals surface area contributed by atoms with Gasteiger partial charge < -0.3 is 9.42 Å². The van der Waals surface area contributed by atoms with Crippen molar-refractivity contribution in [1.82, 2.24) is 14.4 Å². The Hall–Kier alpha value is -2.97. The second-order valence-corrected chi connectivity index (χ2v) is 9.31. The Labute approximate surface area is 176 Å². The maximum atomic E-state index is 13.1. The van der Waals surface area contributed by atoms with E-state index >= 15 is 0 Å². The third-order valence-corrected chi connectivity index (χ3v) is 7.32. The minimum Gasteiger partial charge on any atom is -0.355 e. The number of hydrogen-bond donors (Lipinski definition) is 0. The van der Waals surface area contributed by atoms with Crippen LogP contribution in [0.25, 0.3) is 11.3 Å². The van der Waals surface area contributed by atoms with E-state index in [9.17, 15) is 13.2 Å². The van der Waals surface area contributed by atoms with Crippen LogP contribution < -0.4 is 0 Å². The molecule has 3 aromatic rings. The Bertz CT molecular complexity index is 1160. The second kappa shape index (κ2) is 8.04. The maximum Gasteiger partial charge on any atom is 0.276 e. The van der Waals surface area contributed by atoms with E-state index in [-0.39, 0.29) is 24.7 Å². The summed E-state index contributed by atoms with van der Waals surface area (Å²) in [5.74, 6) is 0.264. The number of carbonyl (C=O) groups is 1. The molecule has 1 aliphatic heterocycles. The second-order valence-electron chi connectivity index (χ2n) is 7.41. The highest BCUT2D eigenvalue weighted by Gasteiger charge is 2.32. The molecule has 1 fully saturated rings. The van der Waals surface area contributed by atoms with Gasteiger partial charge in [0.2, 0.25) is 10.0 Å². The van der Waals surface area contributed by atoms with Crippen LogP contribution in [0.2, 0.25) is 0 Å². The molecule has 4 rings (SSSR count). The van der Waals surface area contributed by atoms with E-state index in [1.165, 1.54) is 4.31 Å². The number of carbonyl (C=O) groups excluding carboxylic acids is 1. The van der Waals surface area contributed by atoms with Crippen LogP contribution in [-0.4, -0.2) is 54.9 Å². The van der Waals surface area contributed by atoms with Crippen LogP contribution in [0.4, 0.5) is 0 Å². The van der Waals surface area contributed by atoms with Gasteiger partial charge in [0.25, 0.3) is 5.91 Å². The van der Waals surface area contributed by atoms with Gasteiger partial charge in [0.15, 0.2) is 11.5 Å². The first-order chi connectivity index (χ1) is 14.4. The molecule has 0 unspecified atom stereocenters. The van der Waals surface area contributed by atoms with E-state index in [1.54, 1.807) is 24.0 Å². The first kappa shape index (κ1) is 20.3. The Balaban J connectivity index is 1.45. The maximum absolute atomic E-state index is 13.1. The summed E-state index contributed by atoms with van der Waals surface area (Å²) in [6, 6.07) is 16.5. The van der Waals surface area contributed by atoms with E-state index < -0.39 is 10.0 Å². The standard InChI is InChI=1S/C22H23N3O4S/c1-16-8-9-17(2)21(14-16)30(27,28)25-12-10-24(11-13-25)22(26)19-15-20(29-23-19)18-6-4-3-5-7-18/h3-9,14-15H,10-13H2,1-2H3. The van der Waals surface area contributed by atoms with Crippen LogP contribution in [0.5, 0.6) is 0 Å². The number of rotatable bonds is 4. The van der Waals surface area contributed by atoms with Crippen molar-refractivity contribution in [3.05, 3.63) is 71.4 Å². The molecule has 0 atom stereocenters. The molecule has 0 N–H and O–H groups in total. The highest BCUT2D eigenvalue weighted by Crippen LogP contribution is 2.24. The number of hydrogen-bond acceptors (Lipinski definition) is 5. The van der Waals surface area contributed by atoms with Crippen molar-refractivity contribution in [3.63, 3.8) is 0 Å². The molecule has 2 aromatic carbocycles. The fourth-order valence-corrected chi connectivity index (χ4v) is 5.26. The predicted octanol–water partition coefficient (Wildman–Crippen LogP) is 3.11. The average Bonchev–Trinajstić information content (AvgIpc) is 3.26. The van der Waals surface area contributed by atoms with Crippen LogP contribution in [-0.2, 0) is 10.0 Å². The summed E-state index contributed by atoms with van der Waals surface area (Å²) in [7, 11) is -3.60. The molecule has 0 saturated carbocycles. The minimum atomic E-state index is -3.60. The SMILES string of the molecule is Cc1ccc(C)c(S(=O)(=O)N2CCN(C(=O)c3cc(-c4ccccc4)on3)CC2)c1. The Morgan fingerprint density at radius 2 is 1.67 bits per heavy atom. The number of benzene rings is 2. The van der Waals surface area contributed by atoms with E-state index in [0.29, 0.717) is 23.7 Å². The molecular weight excluding hydrogens is 402 g/mol. The predicted molar refractivity (Wildman–Crippen MR) is 113 cm³/mol. The van der Waals surface area contributed by atoms with Gasteiger partial charge in [-0.1, -0.05) is 47.6 Å². The van der Waals surface area contributed by atoms with Gasteiger partial charge in [-0.2, -0.15) is 4.31 Å². The topological polar surface area (TPSA) is 83.7 Å². The van der Waals surface area contributed by atoms with Crippen LogP contribution in [0.1, 0.15) is 21.6 Å². The van der Waals surface area contributed by atoms with Crippen molar-refractivity contribution >= 4 is 15.9 Å². The van der Waals surface area contributed by atoms with E-state index in [1.807, 2.05) is 49.4 Å². The molecule has 0 aliphatic carbocycles. The van der Waals surface area contributed by atoms with Gasteiger partial charge in [-0.25, -0.2) is 8.42 Å². The molecule has 0 spiro atoms. The van der Waals surface area contributed by atoms with Crippen LogP contribution in [0.15, 0.2) is 64.0 Å². The lowest BCUT2D eigenvalue weighted by Gasteiger charge is -2.33. The summed E-state index contributed by atoms with van der Waals surface area (Å²) in [5.41, 5.74) is 2.68. The highest BCUT2D eigenvalue weighted by atomic mass is 32.2. The van der Waals surface area contributed by atoms with Gasteiger partial charge in [0.05, 0.1) is 4.90 Å². The zero-order chi connectivity index (χ0) is 21.3. The molecule has 8 heteroatoms. The first-order valence-electron chi connectivity index (χ1n) is 9.75. The molecule has 30 heavy (non-hydrogen) atoms. The van der Waals surface area contributed by atoms with Crippen molar-refractivity contribution in [2.45, 2.75) is 18.7 Å². The summed E-state index contributed by atoms with van der Waals surface area (Å²) in [5, 5.41) is 3.91. The third kappa shape index (κ3) is 3.88. The quantitative estimate of drug-likeness (QED) is 0.641. The zero-order valence-corrected chi connectivity index (χ0v) is 17.7. The molecule has 1 amide bonds. The molecule has 0 bridgehead atoms. The fourth-order valence-electron chi connectivity index (χ4n) is 3.53. The number of aromatic nitrogens is 1. The van der Waals surface area contributed by atoms with Crippen LogP contribution in [0.3, 0.4) is 0 Å². The number of aryl methyl sites for hydroxylation is 2. The number of sulfonamides is 1. The highest BCUT2D eigenvalue weighted by molar-refractivity contribution is 7.89. The number of piperazine rings is 1. The monoisotopic (exact) mass is 425 g/mol. The van der Waals surface area contributed by atoms with E-state index in [4.69, 9.17) is 4.52 Å². The Morgan fingerprint density at radius 1 is 0.967 bits per heavy atom. The van der Waals surface area contributed by atoms with Gasteiger partial charge in [0.1, 0.15) is 0 Å². The summed E-state index contributed by atoms with van der Waals surface area (Å²) in [6.45, 7) is 4.75. The lowest BCUT2D eigenvalue weighted by molar-refractivity contribution is 0.0687. The molecule has 7 nitrogen and oxygen atoms in total. The molecule has 1 saturated heterocycles. The Kier molecular flexibility index (Phi) is 5.44. The van der Waals surface area contributed by atoms with Crippen LogP contribution in [0, 0.1) is 13.8 Å². The smallest absolute Gasteiger partial charge is 0.276 e. The fraction of sp³-hybridized carbons (Fsp3) is 0.273. The summed E-state index contributed by atoms with van der Waals surface area (Å²) < 4.78 is 32.9. The first-order valence-corrected chi connectivity index (χ1v) is 11.2. The number of nitrogens with zero attached hydrogens (tertiary/aromatic N) is 3. The van der Waals surface area contributed by atoms with Crippen molar-refractivity contribution in [1.29, 1.82) is 0 Å². The molecule has 1 aliphatic rings. The van der Waals surface area contributed by atoms with Gasteiger partial charge in [-0.05, 0) is 31.0 Å². The van der Waals surface area contributed by atoms with Crippen molar-refractivity contribution in [2.75, 3.05) is 26.2 Å². The minimum absolute atomic E-state index is 0.222. The van der Waals surface area contributed by atoms with Crippen molar-refractivity contribution < 1.29 is 17.7 Å². The van der Waals surface area contributed by atoms with Gasteiger partial charge in [-0.15, -0.1) is 0 Å². The normalized spacial score (nSPS) is 15.3. The van der Waals surface area contributed by atoms with Gasteiger partial charge >= 0.3 is 0 Å². The van der Waals surface area contributed by atoms with Gasteiger partial charge in [-0.3, -0.25) is 4.79 Å². The third-order valence-electron chi connectivity index (χ3n) is 5.27. The largest absolute Gasteiger partial charge is 0.355 e. The molecule has 156 valence electrons. The average molecular weight is 426 g/mol. The summed E-state index contributed by atoms with van der Waals surface area (Å²) in [6.07, 6.45) is 0. The van der Waals surface area contributed by atoms with E-state index in [2.05, 4.69) is 5.16 Å². The van der Waals surface area contributed by atoms with Gasteiger partial charge in [0, 0.05) is 37.8 Å². The molecule has 2 heterocycles. The Morgan fingerprint density at radius 3 is 2.37 bits per heavy atom. The van der Waals surface area contributed by atoms with Crippen molar-refractivity contribution in [2.24, 2.45) is 0 Å². The summed E-state index contributed by atoms with van der Waals surface area (Å²) in [4.78, 5) is 14.7. The molecular formula is C22H23N3O4S. The van der Waals surface area contributed by atoms with Crippen molar-refractivity contribution in [3.8, 4) is 11.3 Å². The molecule has 1 aromatic heterocycles.